The fourth-order valence-electron chi connectivity index (χ4n) is 4.51. The van der Waals surface area contributed by atoms with E-state index in [-0.39, 0.29) is 56.5 Å². The highest BCUT2D eigenvalue weighted by molar-refractivity contribution is 7.85. The second kappa shape index (κ2) is 9.35. The Balaban J connectivity index is 1.70. The van der Waals surface area contributed by atoms with Gasteiger partial charge in [0.05, 0.1) is 45.1 Å². The summed E-state index contributed by atoms with van der Waals surface area (Å²) in [6.45, 7) is -0.188. The first-order valence-electron chi connectivity index (χ1n) is 11.3. The zero-order chi connectivity index (χ0) is 28.1. The van der Waals surface area contributed by atoms with Crippen molar-refractivity contribution < 1.29 is 42.7 Å². The zero-order valence-electron chi connectivity index (χ0n) is 19.8. The summed E-state index contributed by atoms with van der Waals surface area (Å²) in [6.07, 6.45) is 0. The van der Waals surface area contributed by atoms with Gasteiger partial charge in [0.15, 0.2) is 0 Å². The van der Waals surface area contributed by atoms with Gasteiger partial charge >= 0.3 is 11.9 Å². The molecule has 4 aromatic rings. The summed E-state index contributed by atoms with van der Waals surface area (Å²) in [5, 5.41) is 30.3. The first-order valence-corrected chi connectivity index (χ1v) is 12.7. The van der Waals surface area contributed by atoms with Gasteiger partial charge < -0.3 is 19.9 Å². The lowest BCUT2D eigenvalue weighted by Gasteiger charge is -2.14. The van der Waals surface area contributed by atoms with E-state index in [0.29, 0.717) is 11.1 Å². The van der Waals surface area contributed by atoms with Crippen molar-refractivity contribution in [2.24, 2.45) is 4.99 Å². The van der Waals surface area contributed by atoms with Crippen LogP contribution in [-0.2, 0) is 16.7 Å². The number of nitrogens with zero attached hydrogens (tertiary/aromatic N) is 2. The molecule has 2 heterocycles. The molecule has 1 aliphatic rings. The summed E-state index contributed by atoms with van der Waals surface area (Å²) < 4.78 is 33.5. The Labute approximate surface area is 220 Å². The summed E-state index contributed by atoms with van der Waals surface area (Å²) in [5.41, 5.74) is 1.04. The molecule has 1 aromatic heterocycles. The van der Waals surface area contributed by atoms with Crippen LogP contribution in [0.1, 0.15) is 47.8 Å². The number of aromatic hydroxyl groups is 1. The van der Waals surface area contributed by atoms with E-state index in [2.05, 4.69) is 4.99 Å². The minimum atomic E-state index is -4.46. The largest absolute Gasteiger partial charge is 0.494 e. The van der Waals surface area contributed by atoms with Crippen molar-refractivity contribution in [3.8, 4) is 17.1 Å². The molecule has 0 radical (unpaired) electrons. The maximum atomic E-state index is 13.2. The van der Waals surface area contributed by atoms with Crippen LogP contribution in [0.5, 0.6) is 5.88 Å². The van der Waals surface area contributed by atoms with E-state index in [9.17, 15) is 42.7 Å². The Bertz CT molecular complexity index is 1790. The summed E-state index contributed by atoms with van der Waals surface area (Å²) in [7, 11) is -4.46. The molecule has 12 heteroatoms. The van der Waals surface area contributed by atoms with Crippen LogP contribution in [0.25, 0.3) is 11.3 Å². The van der Waals surface area contributed by atoms with E-state index >= 15 is 0 Å². The number of aromatic nitrogens is 1. The molecule has 0 spiro atoms. The van der Waals surface area contributed by atoms with Gasteiger partial charge in [0.2, 0.25) is 5.88 Å². The number of carboxylic acid groups (broad SMARTS) is 2. The van der Waals surface area contributed by atoms with Crippen molar-refractivity contribution in [3.05, 3.63) is 106 Å². The molecule has 196 valence electrons. The Morgan fingerprint density at radius 2 is 1.41 bits per heavy atom. The van der Waals surface area contributed by atoms with Gasteiger partial charge in [-0.25, -0.2) is 14.6 Å². The molecule has 3 aromatic carbocycles. The third kappa shape index (κ3) is 4.58. The highest BCUT2D eigenvalue weighted by Crippen LogP contribution is 2.41. The average molecular weight is 547 g/mol. The van der Waals surface area contributed by atoms with E-state index in [1.54, 1.807) is 30.3 Å². The van der Waals surface area contributed by atoms with Gasteiger partial charge in [0.1, 0.15) is 0 Å². The molecule has 0 fully saturated rings. The highest BCUT2D eigenvalue weighted by Gasteiger charge is 2.36. The van der Waals surface area contributed by atoms with Gasteiger partial charge in [-0.1, -0.05) is 42.5 Å². The molecule has 0 aliphatic carbocycles. The molecule has 0 bridgehead atoms. The third-order valence-corrected chi connectivity index (χ3v) is 7.07. The van der Waals surface area contributed by atoms with E-state index in [1.807, 2.05) is 0 Å². The second-order valence-electron chi connectivity index (χ2n) is 8.67. The van der Waals surface area contributed by atoms with Crippen LogP contribution < -0.4 is 0 Å². The Morgan fingerprint density at radius 1 is 0.821 bits per heavy atom. The number of carboxylic acids is 2. The molecular formula is C27H18N2O9S. The first kappa shape index (κ1) is 25.6. The fraction of sp³-hybridized carbons (Fsp3) is 0.0370. The Kier molecular flexibility index (Phi) is 6.13. The van der Waals surface area contributed by atoms with Crippen molar-refractivity contribution in [3.63, 3.8) is 0 Å². The number of rotatable bonds is 7. The molecule has 0 unspecified atom stereocenters. The van der Waals surface area contributed by atoms with Crippen molar-refractivity contribution in [1.82, 2.24) is 4.57 Å². The van der Waals surface area contributed by atoms with Crippen LogP contribution in [0.4, 0.5) is 0 Å². The first-order chi connectivity index (χ1) is 18.5. The lowest BCUT2D eigenvalue weighted by molar-refractivity contribution is 0.0696. The number of aliphatic imine (C=N–C) groups is 1. The summed E-state index contributed by atoms with van der Waals surface area (Å²) in [6, 6.07) is 17.1. The topological polar surface area (TPSA) is 184 Å². The molecule has 4 N–H and O–H groups in total. The number of hydrogen-bond acceptors (Lipinski definition) is 6. The summed E-state index contributed by atoms with van der Waals surface area (Å²) in [5.74, 6) is -3.72. The fourth-order valence-corrected chi connectivity index (χ4v) is 4.99. The van der Waals surface area contributed by atoms with Crippen LogP contribution in [0.3, 0.4) is 0 Å². The van der Waals surface area contributed by atoms with Crippen LogP contribution in [-0.4, -0.2) is 56.4 Å². The van der Waals surface area contributed by atoms with Gasteiger partial charge in [-0.15, -0.1) is 0 Å². The van der Waals surface area contributed by atoms with Crippen LogP contribution in [0, 0.1) is 0 Å². The SMILES string of the molecule is O=C(O)c1cc(Cn2c(O)c3c(c2-c2ccccc2)C(=O)N=C3c2ccc(S(=O)(=O)O)cc2)cc(C(=O)O)c1. The van der Waals surface area contributed by atoms with Crippen molar-refractivity contribution in [1.29, 1.82) is 0 Å². The number of carbonyl (C=O) groups is 3. The normalized spacial score (nSPS) is 12.7. The smallest absolute Gasteiger partial charge is 0.335 e. The standard InChI is InChI=1S/C27H18N2O9S/c30-24-21-20(22(28-24)15-6-8-19(9-7-15)39(36,37)38)25(31)29(23(21)16-4-2-1-3-5-16)13-14-10-17(26(32)33)12-18(11-14)27(34)35/h1-12,31H,13H2,(H,32,33)(H,34,35)(H,36,37,38). The highest BCUT2D eigenvalue weighted by atomic mass is 32.2. The summed E-state index contributed by atoms with van der Waals surface area (Å²) in [4.78, 5) is 40.1. The van der Waals surface area contributed by atoms with Crippen LogP contribution >= 0.6 is 0 Å². The van der Waals surface area contributed by atoms with Gasteiger partial charge in [-0.3, -0.25) is 9.35 Å². The van der Waals surface area contributed by atoms with Gasteiger partial charge in [-0.2, -0.15) is 8.42 Å². The van der Waals surface area contributed by atoms with E-state index in [0.717, 1.165) is 18.2 Å². The number of amides is 1. The lowest BCUT2D eigenvalue weighted by Crippen LogP contribution is -2.09. The molecule has 0 saturated carbocycles. The number of carbonyl (C=O) groups excluding carboxylic acids is 1. The minimum absolute atomic E-state index is 0.0656. The maximum Gasteiger partial charge on any atom is 0.335 e. The number of fused-ring (bicyclic) bond motifs is 1. The second-order valence-corrected chi connectivity index (χ2v) is 10.1. The van der Waals surface area contributed by atoms with Gasteiger partial charge in [-0.05, 0) is 41.5 Å². The lowest BCUT2D eigenvalue weighted by atomic mass is 10.0. The molecular weight excluding hydrogens is 528 g/mol. The Hall–Kier alpha value is -5.07. The predicted molar refractivity (Wildman–Crippen MR) is 137 cm³/mol. The zero-order valence-corrected chi connectivity index (χ0v) is 20.6. The predicted octanol–water partition coefficient (Wildman–Crippen LogP) is 3.54. The number of hydrogen-bond donors (Lipinski definition) is 4. The van der Waals surface area contributed by atoms with E-state index in [1.165, 1.54) is 28.8 Å². The minimum Gasteiger partial charge on any atom is -0.494 e. The maximum absolute atomic E-state index is 13.2. The molecule has 1 aliphatic heterocycles. The molecule has 5 rings (SSSR count). The molecule has 39 heavy (non-hydrogen) atoms. The van der Waals surface area contributed by atoms with Gasteiger partial charge in [0.25, 0.3) is 16.0 Å². The molecule has 0 atom stereocenters. The quantitative estimate of drug-likeness (QED) is 0.252. The van der Waals surface area contributed by atoms with E-state index in [4.69, 9.17) is 0 Å². The van der Waals surface area contributed by atoms with Crippen LogP contribution in [0.15, 0.2) is 82.7 Å². The van der Waals surface area contributed by atoms with Crippen LogP contribution in [0.2, 0.25) is 0 Å². The Morgan fingerprint density at radius 3 is 1.95 bits per heavy atom. The van der Waals surface area contributed by atoms with Crippen molar-refractivity contribution in [2.75, 3.05) is 0 Å². The molecule has 11 nitrogen and oxygen atoms in total. The third-order valence-electron chi connectivity index (χ3n) is 6.20. The average Bonchev–Trinajstić information content (AvgIpc) is 3.38. The van der Waals surface area contributed by atoms with Gasteiger partial charge in [0, 0.05) is 5.56 Å². The number of benzene rings is 3. The van der Waals surface area contributed by atoms with Crippen molar-refractivity contribution in [2.45, 2.75) is 11.4 Å². The monoisotopic (exact) mass is 546 g/mol. The van der Waals surface area contributed by atoms with Crippen molar-refractivity contribution >= 4 is 33.7 Å². The molecule has 0 saturated heterocycles. The van der Waals surface area contributed by atoms with E-state index < -0.39 is 28.0 Å². The summed E-state index contributed by atoms with van der Waals surface area (Å²) >= 11 is 0. The molecule has 1 amide bonds. The number of aromatic carboxylic acids is 2.